The van der Waals surface area contributed by atoms with Gasteiger partial charge < -0.3 is 16.0 Å². The highest BCUT2D eigenvalue weighted by Crippen LogP contribution is 2.29. The fourth-order valence-electron chi connectivity index (χ4n) is 4.90. The van der Waals surface area contributed by atoms with Crippen LogP contribution in [0.25, 0.3) is 0 Å². The second kappa shape index (κ2) is 24.7. The van der Waals surface area contributed by atoms with Gasteiger partial charge in [-0.25, -0.2) is 0 Å². The second-order valence-electron chi connectivity index (χ2n) is 11.3. The zero-order valence-corrected chi connectivity index (χ0v) is 28.8. The summed E-state index contributed by atoms with van der Waals surface area (Å²) in [4.78, 5) is 12.5. The van der Waals surface area contributed by atoms with Crippen LogP contribution < -0.4 is 16.0 Å². The number of halogens is 3. The number of rotatable bonds is 24. The predicted octanol–water partition coefficient (Wildman–Crippen LogP) is 11.2. The highest BCUT2D eigenvalue weighted by atomic mass is 35.6. The average Bonchev–Trinajstić information content (AvgIpc) is 2.93. The number of amides is 1. The second-order valence-corrected chi connectivity index (χ2v) is 14.1. The van der Waals surface area contributed by atoms with Gasteiger partial charge in [0.15, 0.2) is 5.11 Å². The molecule has 41 heavy (non-hydrogen) atoms. The number of benzene rings is 1. The van der Waals surface area contributed by atoms with E-state index in [2.05, 4.69) is 41.9 Å². The molecular weight excluding hydrogens is 593 g/mol. The van der Waals surface area contributed by atoms with Crippen molar-refractivity contribution < 1.29 is 4.79 Å². The van der Waals surface area contributed by atoms with Crippen molar-refractivity contribution in [1.29, 1.82) is 0 Å². The maximum Gasteiger partial charge on any atom is 0.228 e. The van der Waals surface area contributed by atoms with Crippen LogP contribution in [0.15, 0.2) is 24.3 Å². The first-order valence-corrected chi connectivity index (χ1v) is 17.8. The Bertz CT molecular complexity index is 802. The summed E-state index contributed by atoms with van der Waals surface area (Å²) >= 11 is 23.9. The summed E-state index contributed by atoms with van der Waals surface area (Å²) < 4.78 is -1.75. The minimum Gasteiger partial charge on any atom is -0.339 e. The molecule has 0 radical (unpaired) electrons. The van der Waals surface area contributed by atoms with E-state index in [1.165, 1.54) is 108 Å². The molecule has 3 N–H and O–H groups in total. The Morgan fingerprint density at radius 2 is 1.12 bits per heavy atom. The summed E-state index contributed by atoms with van der Waals surface area (Å²) in [7, 11) is 0. The molecule has 0 saturated carbocycles. The molecule has 8 heteroatoms. The number of hydrogen-bond acceptors (Lipinski definition) is 2. The fraction of sp³-hybridized carbons (Fsp3) is 0.758. The van der Waals surface area contributed by atoms with Gasteiger partial charge in [0.05, 0.1) is 0 Å². The maximum atomic E-state index is 12.5. The Kier molecular flexibility index (Phi) is 23.0. The van der Waals surface area contributed by atoms with Crippen LogP contribution in [-0.2, 0) is 11.2 Å². The predicted molar refractivity (Wildman–Crippen MR) is 185 cm³/mol. The summed E-state index contributed by atoms with van der Waals surface area (Å²) in [6.07, 6.45) is 24.8. The van der Waals surface area contributed by atoms with Gasteiger partial charge in [-0.05, 0) is 49.2 Å². The third-order valence-electron chi connectivity index (χ3n) is 7.45. The van der Waals surface area contributed by atoms with Gasteiger partial charge in [-0.15, -0.1) is 0 Å². The third kappa shape index (κ3) is 21.6. The zero-order valence-electron chi connectivity index (χ0n) is 25.7. The normalized spacial score (nSPS) is 12.2. The molecule has 1 rings (SSSR count). The van der Waals surface area contributed by atoms with Gasteiger partial charge in [0.25, 0.3) is 0 Å². The minimum atomic E-state index is -1.75. The molecule has 0 aliphatic carbocycles. The Morgan fingerprint density at radius 3 is 1.59 bits per heavy atom. The first-order chi connectivity index (χ1) is 19.8. The zero-order chi connectivity index (χ0) is 30.2. The molecule has 0 aliphatic heterocycles. The molecule has 0 unspecified atom stereocenters. The number of carbonyl (C=O) groups is 1. The quantitative estimate of drug-likeness (QED) is 0.0452. The van der Waals surface area contributed by atoms with Crippen molar-refractivity contribution in [3.8, 4) is 0 Å². The van der Waals surface area contributed by atoms with Crippen LogP contribution in [0.2, 0.25) is 0 Å². The first-order valence-electron chi connectivity index (χ1n) is 16.3. The summed E-state index contributed by atoms with van der Waals surface area (Å²) in [6, 6.07) is 8.18. The highest BCUT2D eigenvalue weighted by molar-refractivity contribution is 7.80. The smallest absolute Gasteiger partial charge is 0.228 e. The van der Waals surface area contributed by atoms with Gasteiger partial charge in [-0.3, -0.25) is 4.79 Å². The van der Waals surface area contributed by atoms with Crippen molar-refractivity contribution >= 4 is 63.7 Å². The van der Waals surface area contributed by atoms with Crippen LogP contribution in [0.3, 0.4) is 0 Å². The number of nitrogens with one attached hydrogen (secondary N) is 3. The lowest BCUT2D eigenvalue weighted by molar-refractivity contribution is -0.122. The van der Waals surface area contributed by atoms with Crippen LogP contribution in [0.1, 0.15) is 148 Å². The van der Waals surface area contributed by atoms with Crippen LogP contribution >= 0.6 is 47.0 Å². The molecule has 0 aromatic heterocycles. The number of carbonyl (C=O) groups excluding carboxylic acids is 1. The molecule has 1 atom stereocenters. The van der Waals surface area contributed by atoms with Gasteiger partial charge in [0, 0.05) is 12.1 Å². The van der Waals surface area contributed by atoms with Crippen LogP contribution in [-0.4, -0.2) is 21.0 Å². The lowest BCUT2D eigenvalue weighted by atomic mass is 10.0. The Morgan fingerprint density at radius 1 is 0.683 bits per heavy atom. The molecule has 0 spiro atoms. The lowest BCUT2D eigenvalue weighted by Gasteiger charge is -2.27. The van der Waals surface area contributed by atoms with E-state index in [9.17, 15) is 4.79 Å². The summed E-state index contributed by atoms with van der Waals surface area (Å²) in [5, 5.41) is 9.13. The molecule has 236 valence electrons. The molecule has 0 bridgehead atoms. The fourth-order valence-corrected chi connectivity index (χ4v) is 5.46. The number of hydrogen-bond donors (Lipinski definition) is 3. The molecule has 0 aliphatic rings. The number of anilines is 1. The van der Waals surface area contributed by atoms with Crippen LogP contribution in [0.5, 0.6) is 0 Å². The van der Waals surface area contributed by atoms with E-state index in [0.717, 1.165) is 31.4 Å². The van der Waals surface area contributed by atoms with Crippen molar-refractivity contribution in [3.05, 3.63) is 29.8 Å². The maximum absolute atomic E-state index is 12.5. The van der Waals surface area contributed by atoms with Crippen LogP contribution in [0, 0.1) is 0 Å². The number of aryl methyl sites for hydroxylation is 1. The minimum absolute atomic E-state index is 0.154. The van der Waals surface area contributed by atoms with Gasteiger partial charge >= 0.3 is 0 Å². The van der Waals surface area contributed by atoms with Crippen LogP contribution in [0.4, 0.5) is 5.69 Å². The van der Waals surface area contributed by atoms with E-state index in [-0.39, 0.29) is 11.0 Å². The molecule has 0 fully saturated rings. The Hall–Kier alpha value is -0.750. The summed E-state index contributed by atoms with van der Waals surface area (Å²) in [5.74, 6) is -0.154. The number of thiocarbonyl (C=S) groups is 1. The number of alkyl halides is 3. The van der Waals surface area contributed by atoms with E-state index in [1.807, 2.05) is 12.1 Å². The van der Waals surface area contributed by atoms with Crippen molar-refractivity contribution in [1.82, 2.24) is 10.6 Å². The van der Waals surface area contributed by atoms with E-state index >= 15 is 0 Å². The summed E-state index contributed by atoms with van der Waals surface area (Å²) in [5.41, 5.74) is 2.14. The largest absolute Gasteiger partial charge is 0.339 e. The van der Waals surface area contributed by atoms with Crippen molar-refractivity contribution in [2.24, 2.45) is 0 Å². The topological polar surface area (TPSA) is 53.2 Å². The Balaban J connectivity index is 2.19. The van der Waals surface area contributed by atoms with E-state index in [4.69, 9.17) is 47.0 Å². The van der Waals surface area contributed by atoms with Gasteiger partial charge in [0.1, 0.15) is 6.17 Å². The van der Waals surface area contributed by atoms with Crippen molar-refractivity contribution in [3.63, 3.8) is 0 Å². The van der Waals surface area contributed by atoms with E-state index in [0.29, 0.717) is 6.42 Å². The molecule has 0 heterocycles. The standard InChI is InChI=1S/C33H56Cl3N3OS/c1-3-5-7-9-10-11-12-13-14-15-16-17-18-19-21-23-30(40)38-31(33(34,35)36)39-32(41)37-29-26-24-28(25-27-29)22-20-8-6-4-2/h24-27,31H,3-23H2,1-2H3,(H,38,40)(H2,37,39,41)/t31-/m0/s1. The van der Waals surface area contributed by atoms with Crippen molar-refractivity contribution in [2.75, 3.05) is 5.32 Å². The molecule has 1 amide bonds. The van der Waals surface area contributed by atoms with E-state index < -0.39 is 9.96 Å². The van der Waals surface area contributed by atoms with Gasteiger partial charge in [-0.1, -0.05) is 170 Å². The van der Waals surface area contributed by atoms with Gasteiger partial charge in [-0.2, -0.15) is 0 Å². The molecule has 0 saturated heterocycles. The molecule has 4 nitrogen and oxygen atoms in total. The van der Waals surface area contributed by atoms with Gasteiger partial charge in [0.2, 0.25) is 9.70 Å². The molecular formula is C33H56Cl3N3OS. The SMILES string of the molecule is CCCCCCCCCCCCCCCCCC(=O)N[C@@H](NC(=S)Nc1ccc(CCCCCC)cc1)C(Cl)(Cl)Cl. The Labute approximate surface area is 271 Å². The monoisotopic (exact) mass is 647 g/mol. The van der Waals surface area contributed by atoms with E-state index in [1.54, 1.807) is 0 Å². The number of unbranched alkanes of at least 4 members (excludes halogenated alkanes) is 17. The van der Waals surface area contributed by atoms with Crippen molar-refractivity contribution in [2.45, 2.75) is 159 Å². The molecule has 1 aromatic carbocycles. The molecule has 1 aromatic rings. The lowest BCUT2D eigenvalue weighted by Crippen LogP contribution is -2.56. The first kappa shape index (κ1) is 38.3. The average molecular weight is 649 g/mol. The summed E-state index contributed by atoms with van der Waals surface area (Å²) in [6.45, 7) is 4.49. The highest BCUT2D eigenvalue weighted by Gasteiger charge is 2.34. The third-order valence-corrected chi connectivity index (χ3v) is 8.32.